The average molecular weight is 198 g/mol. The predicted molar refractivity (Wildman–Crippen MR) is 47.0 cm³/mol. The van der Waals surface area contributed by atoms with Gasteiger partial charge in [-0.1, -0.05) is 6.07 Å². The number of alkyl halides is 2. The lowest BCUT2D eigenvalue weighted by atomic mass is 10.1. The van der Waals surface area contributed by atoms with Gasteiger partial charge < -0.3 is 10.2 Å². The third-order valence-corrected chi connectivity index (χ3v) is 2.01. The Morgan fingerprint density at radius 1 is 1.43 bits per heavy atom. The summed E-state index contributed by atoms with van der Waals surface area (Å²) in [7, 11) is 0. The normalized spacial score (nSPS) is 12.2. The average Bonchev–Trinajstić information content (AvgIpc) is 2.64. The van der Waals surface area contributed by atoms with E-state index in [9.17, 15) is 8.78 Å². The smallest absolute Gasteiger partial charge is 0.285 e. The maximum Gasteiger partial charge on any atom is 0.285 e. The lowest BCUT2D eigenvalue weighted by Crippen LogP contribution is -2.24. The highest BCUT2D eigenvalue weighted by atomic mass is 19.3. The van der Waals surface area contributed by atoms with Gasteiger partial charge in [-0.25, -0.2) is 4.98 Å². The molecule has 0 spiro atoms. The zero-order chi connectivity index (χ0) is 10.2. The van der Waals surface area contributed by atoms with Crippen molar-refractivity contribution >= 4 is 11.1 Å². The number of hydrogen-bond donors (Lipinski definition) is 1. The fourth-order valence-electron chi connectivity index (χ4n) is 1.20. The van der Waals surface area contributed by atoms with Crippen LogP contribution in [0.2, 0.25) is 0 Å². The zero-order valence-corrected chi connectivity index (χ0v) is 7.21. The third kappa shape index (κ3) is 1.35. The van der Waals surface area contributed by atoms with E-state index in [0.29, 0.717) is 11.1 Å². The number of hydrogen-bond acceptors (Lipinski definition) is 3. The molecule has 1 aromatic carbocycles. The van der Waals surface area contributed by atoms with Gasteiger partial charge in [0, 0.05) is 5.56 Å². The van der Waals surface area contributed by atoms with E-state index in [2.05, 4.69) is 4.98 Å². The van der Waals surface area contributed by atoms with E-state index >= 15 is 0 Å². The van der Waals surface area contributed by atoms with E-state index in [-0.39, 0.29) is 5.56 Å². The van der Waals surface area contributed by atoms with E-state index in [1.165, 1.54) is 24.6 Å². The van der Waals surface area contributed by atoms with Crippen LogP contribution in [0.15, 0.2) is 29.0 Å². The molecule has 3 nitrogen and oxygen atoms in total. The minimum absolute atomic E-state index is 0.149. The molecule has 0 amide bonds. The van der Waals surface area contributed by atoms with Gasteiger partial charge in [0.25, 0.3) is 5.92 Å². The van der Waals surface area contributed by atoms with E-state index in [4.69, 9.17) is 10.2 Å². The first-order valence-corrected chi connectivity index (χ1v) is 4.05. The molecule has 0 unspecified atom stereocenters. The van der Waals surface area contributed by atoms with Crippen molar-refractivity contribution in [3.63, 3.8) is 0 Å². The Labute approximate surface area is 78.5 Å². The van der Waals surface area contributed by atoms with Crippen LogP contribution in [-0.2, 0) is 5.92 Å². The van der Waals surface area contributed by atoms with Crippen LogP contribution < -0.4 is 5.73 Å². The molecule has 0 aliphatic heterocycles. The Bertz CT molecular complexity index is 453. The summed E-state index contributed by atoms with van der Waals surface area (Å²) in [5, 5.41) is 0. The number of oxazole rings is 1. The fraction of sp³-hybridized carbons (Fsp3) is 0.222. The molecule has 74 valence electrons. The molecule has 0 aliphatic carbocycles. The van der Waals surface area contributed by atoms with Crippen molar-refractivity contribution in [1.82, 2.24) is 4.98 Å². The van der Waals surface area contributed by atoms with E-state index < -0.39 is 12.5 Å². The molecule has 2 N–H and O–H groups in total. The summed E-state index contributed by atoms with van der Waals surface area (Å²) in [6.07, 6.45) is 1.22. The molecule has 2 rings (SSSR count). The summed E-state index contributed by atoms with van der Waals surface area (Å²) in [5.74, 6) is -3.01. The fourth-order valence-corrected chi connectivity index (χ4v) is 1.20. The zero-order valence-electron chi connectivity index (χ0n) is 7.21. The van der Waals surface area contributed by atoms with Crippen molar-refractivity contribution in [2.45, 2.75) is 5.92 Å². The molecule has 1 aromatic heterocycles. The Morgan fingerprint density at radius 2 is 2.21 bits per heavy atom. The lowest BCUT2D eigenvalue weighted by Gasteiger charge is -2.13. The minimum Gasteiger partial charge on any atom is -0.443 e. The second-order valence-electron chi connectivity index (χ2n) is 2.94. The Balaban J connectivity index is 2.53. The van der Waals surface area contributed by atoms with Crippen molar-refractivity contribution in [3.8, 4) is 0 Å². The Morgan fingerprint density at radius 3 is 2.93 bits per heavy atom. The van der Waals surface area contributed by atoms with Gasteiger partial charge in [-0.3, -0.25) is 0 Å². The quantitative estimate of drug-likeness (QED) is 0.801. The Kier molecular flexibility index (Phi) is 1.96. The number of rotatable bonds is 2. The van der Waals surface area contributed by atoms with E-state index in [1.54, 1.807) is 0 Å². The molecule has 0 saturated heterocycles. The number of halogens is 2. The highest BCUT2D eigenvalue weighted by Crippen LogP contribution is 2.28. The van der Waals surface area contributed by atoms with E-state index in [0.717, 1.165) is 0 Å². The standard InChI is InChI=1S/C9H8F2N2O/c10-9(11,4-12)6-1-2-7-8(3-6)14-5-13-7/h1-3,5H,4,12H2. The van der Waals surface area contributed by atoms with Crippen LogP contribution in [0.25, 0.3) is 11.1 Å². The third-order valence-electron chi connectivity index (χ3n) is 2.01. The number of benzene rings is 1. The predicted octanol–water partition coefficient (Wildman–Crippen LogP) is 1.88. The van der Waals surface area contributed by atoms with Gasteiger partial charge >= 0.3 is 0 Å². The number of nitrogens with zero attached hydrogens (tertiary/aromatic N) is 1. The number of aromatic nitrogens is 1. The van der Waals surface area contributed by atoms with Crippen LogP contribution in [0.3, 0.4) is 0 Å². The minimum atomic E-state index is -3.01. The maximum atomic E-state index is 13.1. The summed E-state index contributed by atoms with van der Waals surface area (Å²) >= 11 is 0. The molecule has 0 fully saturated rings. The highest BCUT2D eigenvalue weighted by molar-refractivity contribution is 5.73. The molecule has 0 atom stereocenters. The van der Waals surface area contributed by atoms with Crippen molar-refractivity contribution < 1.29 is 13.2 Å². The van der Waals surface area contributed by atoms with Crippen LogP contribution in [0, 0.1) is 0 Å². The first kappa shape index (κ1) is 9.08. The molecule has 0 aliphatic rings. The van der Waals surface area contributed by atoms with Crippen molar-refractivity contribution in [3.05, 3.63) is 30.2 Å². The number of fused-ring (bicyclic) bond motifs is 1. The maximum absolute atomic E-state index is 13.1. The van der Waals surface area contributed by atoms with Crippen LogP contribution >= 0.6 is 0 Å². The first-order valence-electron chi connectivity index (χ1n) is 4.05. The summed E-state index contributed by atoms with van der Waals surface area (Å²) in [5.41, 5.74) is 5.71. The molecule has 1 heterocycles. The van der Waals surface area contributed by atoms with Crippen LogP contribution in [0.1, 0.15) is 5.56 Å². The molecule has 0 radical (unpaired) electrons. The van der Waals surface area contributed by atoms with Gasteiger partial charge in [0.15, 0.2) is 12.0 Å². The van der Waals surface area contributed by atoms with Crippen molar-refractivity contribution in [2.24, 2.45) is 5.73 Å². The molecule has 0 saturated carbocycles. The molecule has 2 aromatic rings. The van der Waals surface area contributed by atoms with Gasteiger partial charge in [-0.15, -0.1) is 0 Å². The summed E-state index contributed by atoms with van der Waals surface area (Å²) < 4.78 is 31.2. The molecular weight excluding hydrogens is 190 g/mol. The SMILES string of the molecule is NCC(F)(F)c1ccc2ncoc2c1. The van der Waals surface area contributed by atoms with Gasteiger partial charge in [-0.05, 0) is 12.1 Å². The van der Waals surface area contributed by atoms with Crippen molar-refractivity contribution in [2.75, 3.05) is 6.54 Å². The molecule has 5 heteroatoms. The van der Waals surface area contributed by atoms with Gasteiger partial charge in [0.05, 0.1) is 6.54 Å². The topological polar surface area (TPSA) is 52.0 Å². The van der Waals surface area contributed by atoms with E-state index in [1.807, 2.05) is 0 Å². The van der Waals surface area contributed by atoms with Gasteiger partial charge in [0.1, 0.15) is 5.52 Å². The number of nitrogens with two attached hydrogens (primary N) is 1. The summed E-state index contributed by atoms with van der Waals surface area (Å²) in [6, 6.07) is 4.05. The van der Waals surface area contributed by atoms with Gasteiger partial charge in [-0.2, -0.15) is 8.78 Å². The second-order valence-corrected chi connectivity index (χ2v) is 2.94. The molecule has 14 heavy (non-hydrogen) atoms. The van der Waals surface area contributed by atoms with Crippen molar-refractivity contribution in [1.29, 1.82) is 0 Å². The summed E-state index contributed by atoms with van der Waals surface area (Å²) in [4.78, 5) is 3.82. The van der Waals surface area contributed by atoms with Gasteiger partial charge in [0.2, 0.25) is 0 Å². The largest absolute Gasteiger partial charge is 0.443 e. The van der Waals surface area contributed by atoms with Crippen LogP contribution in [0.5, 0.6) is 0 Å². The Hall–Kier alpha value is -1.49. The summed E-state index contributed by atoms with van der Waals surface area (Å²) in [6.45, 7) is -0.716. The molecular formula is C9H8F2N2O. The van der Waals surface area contributed by atoms with Crippen LogP contribution in [0.4, 0.5) is 8.78 Å². The first-order chi connectivity index (χ1) is 6.63. The highest BCUT2D eigenvalue weighted by Gasteiger charge is 2.29. The van der Waals surface area contributed by atoms with Crippen LogP contribution in [-0.4, -0.2) is 11.5 Å². The second kappa shape index (κ2) is 3.02. The lowest BCUT2D eigenvalue weighted by molar-refractivity contribution is 0.00601. The monoisotopic (exact) mass is 198 g/mol. The molecule has 0 bridgehead atoms.